The molecule has 0 aliphatic heterocycles. The zero-order chi connectivity index (χ0) is 6.08. The van der Waals surface area contributed by atoms with Crippen molar-refractivity contribution < 1.29 is 15.3 Å². The number of rotatable bonds is 1. The van der Waals surface area contributed by atoms with E-state index in [0.29, 0.717) is 0 Å². The molecule has 0 amide bonds. The van der Waals surface area contributed by atoms with Gasteiger partial charge in [0, 0.05) is 0 Å². The van der Waals surface area contributed by atoms with E-state index in [0.717, 1.165) is 0 Å². The van der Waals surface area contributed by atoms with Crippen molar-refractivity contribution in [3.8, 4) is 0 Å². The van der Waals surface area contributed by atoms with Crippen LogP contribution in [0, 0.1) is 0 Å². The summed E-state index contributed by atoms with van der Waals surface area (Å²) in [4.78, 5) is 0. The highest BCUT2D eigenvalue weighted by atomic mass is 16.5. The largest absolute Gasteiger partial charge is 0.386 e. The van der Waals surface area contributed by atoms with Gasteiger partial charge in [0.1, 0.15) is 6.10 Å². The van der Waals surface area contributed by atoms with Crippen LogP contribution in [0.2, 0.25) is 0 Å². The molecule has 0 aromatic rings. The molecule has 0 aliphatic rings. The molecule has 0 bridgehead atoms. The summed E-state index contributed by atoms with van der Waals surface area (Å²) in [5.41, 5.74) is 4.54. The van der Waals surface area contributed by atoms with E-state index in [2.05, 4.69) is 5.73 Å². The molecule has 4 nitrogen and oxygen atoms in total. The van der Waals surface area contributed by atoms with Crippen LogP contribution in [-0.4, -0.2) is 27.3 Å². The number of aliphatic hydroxyl groups is 3. The van der Waals surface area contributed by atoms with Gasteiger partial charge in [0.25, 0.3) is 0 Å². The lowest BCUT2D eigenvalue weighted by Gasteiger charge is -2.17. The molecule has 1 unspecified atom stereocenters. The number of hydrogen-bond donors (Lipinski definition) is 4. The first-order valence-corrected chi connectivity index (χ1v) is 1.86. The fraction of sp³-hybridized carbons (Fsp3) is 1.00. The van der Waals surface area contributed by atoms with Gasteiger partial charge in [0.2, 0.25) is 5.91 Å². The Bertz CT molecular complexity index is 55.7. The van der Waals surface area contributed by atoms with Gasteiger partial charge >= 0.3 is 0 Å². The fourth-order valence-electron chi connectivity index (χ4n) is 0. The summed E-state index contributed by atoms with van der Waals surface area (Å²) >= 11 is 0. The topological polar surface area (TPSA) is 86.7 Å². The third-order valence-electron chi connectivity index (χ3n) is 0.615. The molecule has 0 spiro atoms. The Kier molecular flexibility index (Phi) is 1.71. The summed E-state index contributed by atoms with van der Waals surface area (Å²) in [5.74, 6) is -2.44. The van der Waals surface area contributed by atoms with E-state index in [-0.39, 0.29) is 0 Å². The summed E-state index contributed by atoms with van der Waals surface area (Å²) in [6, 6.07) is 0. The van der Waals surface area contributed by atoms with Gasteiger partial charge in [-0.05, 0) is 6.92 Å². The lowest BCUT2D eigenvalue weighted by atomic mass is 10.3. The minimum atomic E-state index is -2.44. The van der Waals surface area contributed by atoms with Crippen LogP contribution in [0.25, 0.3) is 0 Å². The Morgan fingerprint density at radius 2 is 1.71 bits per heavy atom. The van der Waals surface area contributed by atoms with Gasteiger partial charge in [-0.1, -0.05) is 0 Å². The molecule has 44 valence electrons. The summed E-state index contributed by atoms with van der Waals surface area (Å²) in [6.45, 7) is 1.18. The average Bonchev–Trinajstić information content (AvgIpc) is 1.31. The van der Waals surface area contributed by atoms with Gasteiger partial charge in [-0.3, -0.25) is 5.73 Å². The van der Waals surface area contributed by atoms with E-state index in [1.807, 2.05) is 0 Å². The average molecular weight is 107 g/mol. The predicted molar refractivity (Wildman–Crippen MR) is 23.0 cm³/mol. The van der Waals surface area contributed by atoms with E-state index in [9.17, 15) is 0 Å². The lowest BCUT2D eigenvalue weighted by Crippen LogP contribution is -2.49. The molecule has 1 atom stereocenters. The van der Waals surface area contributed by atoms with Crippen molar-refractivity contribution in [2.24, 2.45) is 5.73 Å². The maximum atomic E-state index is 8.26. The SMILES string of the molecule is CC(O)C(N)(O)O. The van der Waals surface area contributed by atoms with Crippen LogP contribution in [0.3, 0.4) is 0 Å². The Balaban J connectivity index is 3.54. The molecule has 0 fully saturated rings. The molecule has 5 N–H and O–H groups in total. The zero-order valence-corrected chi connectivity index (χ0v) is 4.00. The normalized spacial score (nSPS) is 16.7. The third kappa shape index (κ3) is 2.52. The lowest BCUT2D eigenvalue weighted by molar-refractivity contribution is -0.214. The molecule has 0 radical (unpaired) electrons. The maximum Gasteiger partial charge on any atom is 0.246 e. The molecule has 0 saturated heterocycles. The molecule has 0 heterocycles. The molecule has 0 aromatic carbocycles. The van der Waals surface area contributed by atoms with E-state index in [1.54, 1.807) is 0 Å². The Morgan fingerprint density at radius 3 is 1.71 bits per heavy atom. The number of aliphatic hydroxyl groups excluding tert-OH is 1. The molecule has 0 aliphatic carbocycles. The van der Waals surface area contributed by atoms with Gasteiger partial charge < -0.3 is 15.3 Å². The molecular weight excluding hydrogens is 98.0 g/mol. The molecule has 0 rings (SSSR count). The molecule has 7 heavy (non-hydrogen) atoms. The summed E-state index contributed by atoms with van der Waals surface area (Å²) in [6.07, 6.45) is -1.31. The summed E-state index contributed by atoms with van der Waals surface area (Å²) in [7, 11) is 0. The maximum absolute atomic E-state index is 8.26. The highest BCUT2D eigenvalue weighted by molar-refractivity contribution is 4.59. The Labute approximate surface area is 41.2 Å². The van der Waals surface area contributed by atoms with Gasteiger partial charge in [0.15, 0.2) is 0 Å². The highest BCUT2D eigenvalue weighted by Crippen LogP contribution is 1.93. The molecular formula is C3H9NO3. The van der Waals surface area contributed by atoms with Gasteiger partial charge in [-0.25, -0.2) is 0 Å². The van der Waals surface area contributed by atoms with Crippen molar-refractivity contribution in [3.05, 3.63) is 0 Å². The van der Waals surface area contributed by atoms with Crippen LogP contribution < -0.4 is 5.73 Å². The molecule has 0 saturated carbocycles. The summed E-state index contributed by atoms with van der Waals surface area (Å²) < 4.78 is 0. The van der Waals surface area contributed by atoms with Crippen LogP contribution >= 0.6 is 0 Å². The standard InChI is InChI=1S/C3H9NO3/c1-2(5)3(4,6)7/h2,5-7H,4H2,1H3. The van der Waals surface area contributed by atoms with Crippen molar-refractivity contribution in [1.82, 2.24) is 0 Å². The van der Waals surface area contributed by atoms with Crippen molar-refractivity contribution in [2.75, 3.05) is 0 Å². The van der Waals surface area contributed by atoms with Gasteiger partial charge in [-0.2, -0.15) is 0 Å². The van der Waals surface area contributed by atoms with E-state index >= 15 is 0 Å². The van der Waals surface area contributed by atoms with Gasteiger partial charge in [0.05, 0.1) is 0 Å². The quantitative estimate of drug-likeness (QED) is 0.291. The first-order chi connectivity index (χ1) is 2.94. The minimum absolute atomic E-state index is 1.18. The third-order valence-corrected chi connectivity index (χ3v) is 0.615. The van der Waals surface area contributed by atoms with E-state index in [1.165, 1.54) is 6.92 Å². The van der Waals surface area contributed by atoms with Crippen LogP contribution in [0.5, 0.6) is 0 Å². The van der Waals surface area contributed by atoms with E-state index in [4.69, 9.17) is 15.3 Å². The van der Waals surface area contributed by atoms with Crippen molar-refractivity contribution >= 4 is 0 Å². The highest BCUT2D eigenvalue weighted by Gasteiger charge is 2.22. The molecule has 4 heteroatoms. The first-order valence-electron chi connectivity index (χ1n) is 1.86. The second-order valence-corrected chi connectivity index (χ2v) is 1.46. The van der Waals surface area contributed by atoms with Crippen molar-refractivity contribution in [2.45, 2.75) is 18.9 Å². The monoisotopic (exact) mass is 107 g/mol. The Morgan fingerprint density at radius 1 is 1.57 bits per heavy atom. The van der Waals surface area contributed by atoms with E-state index < -0.39 is 12.0 Å². The van der Waals surface area contributed by atoms with Crippen molar-refractivity contribution in [1.29, 1.82) is 0 Å². The second-order valence-electron chi connectivity index (χ2n) is 1.46. The molecule has 0 aromatic heterocycles. The smallest absolute Gasteiger partial charge is 0.246 e. The van der Waals surface area contributed by atoms with Crippen LogP contribution in [0.15, 0.2) is 0 Å². The summed E-state index contributed by atoms with van der Waals surface area (Å²) in [5, 5.41) is 24.6. The van der Waals surface area contributed by atoms with Crippen LogP contribution in [0.4, 0.5) is 0 Å². The zero-order valence-electron chi connectivity index (χ0n) is 4.00. The Hall–Kier alpha value is -0.160. The second kappa shape index (κ2) is 1.75. The van der Waals surface area contributed by atoms with Crippen LogP contribution in [-0.2, 0) is 0 Å². The minimum Gasteiger partial charge on any atom is -0.386 e. The number of hydrogen-bond acceptors (Lipinski definition) is 4. The predicted octanol–water partition coefficient (Wildman–Crippen LogP) is -2.04. The first kappa shape index (κ1) is 6.84. The van der Waals surface area contributed by atoms with Gasteiger partial charge in [-0.15, -0.1) is 0 Å². The number of nitrogens with two attached hydrogens (primary N) is 1. The fourth-order valence-corrected chi connectivity index (χ4v) is 0. The van der Waals surface area contributed by atoms with Crippen molar-refractivity contribution in [3.63, 3.8) is 0 Å². The van der Waals surface area contributed by atoms with Crippen LogP contribution in [0.1, 0.15) is 6.92 Å².